The third-order valence-corrected chi connectivity index (χ3v) is 9.38. The zero-order valence-electron chi connectivity index (χ0n) is 26.6. The van der Waals surface area contributed by atoms with Gasteiger partial charge in [0.2, 0.25) is 0 Å². The molecule has 2 fully saturated rings. The molecule has 0 unspecified atom stereocenters. The van der Waals surface area contributed by atoms with Crippen LogP contribution in [-0.2, 0) is 32.5 Å². The molecule has 1 aromatic heterocycles. The fourth-order valence-corrected chi connectivity index (χ4v) is 6.73. The Kier molecular flexibility index (Phi) is 10.1. The second-order valence-electron chi connectivity index (χ2n) is 12.6. The zero-order chi connectivity index (χ0) is 33.8. The van der Waals surface area contributed by atoms with Crippen molar-refractivity contribution < 1.29 is 37.1 Å². The van der Waals surface area contributed by atoms with E-state index in [1.807, 2.05) is 29.0 Å². The molecular weight excluding hydrogens is 632 g/mol. The quantitative estimate of drug-likeness (QED) is 0.408. The summed E-state index contributed by atoms with van der Waals surface area (Å²) in [7, 11) is -4.27. The van der Waals surface area contributed by atoms with Crippen LogP contribution in [0.15, 0.2) is 36.7 Å². The van der Waals surface area contributed by atoms with Crippen LogP contribution in [0.3, 0.4) is 0 Å². The predicted octanol–water partition coefficient (Wildman–Crippen LogP) is 1.89. The largest absolute Gasteiger partial charge is 0.444 e. The Morgan fingerprint density at radius 1 is 0.915 bits per heavy atom. The van der Waals surface area contributed by atoms with E-state index in [1.165, 1.54) is 33.3 Å². The monoisotopic (exact) mass is 672 g/mol. The van der Waals surface area contributed by atoms with Crippen molar-refractivity contribution in [2.24, 2.45) is 0 Å². The van der Waals surface area contributed by atoms with Crippen LogP contribution in [0.5, 0.6) is 0 Å². The Morgan fingerprint density at radius 3 is 2.23 bits per heavy atom. The van der Waals surface area contributed by atoms with Gasteiger partial charge in [-0.25, -0.2) is 29.1 Å². The standard InChI is InChI=1S/C30H40N8O8S/c1-30(2,3)46-29(42)37-12-6-9-23(19-37)45-28(41)35-47(43,44)38-15-13-36(14-16-38)27(40)34-25-24(31-10-11-32-25)26(39)33-22-17-20-7-4-5-8-21(20)18-22/h4-5,7-8,10-11,22-23H,6,9,12-19H2,1-3H3,(H,33,39)(H,35,41)(H,32,34,40)/t23-/m1/s1. The molecule has 0 bridgehead atoms. The van der Waals surface area contributed by atoms with Gasteiger partial charge in [-0.3, -0.25) is 10.1 Å². The molecule has 254 valence electrons. The molecular formula is C30H40N8O8S. The molecule has 2 aliphatic heterocycles. The highest BCUT2D eigenvalue weighted by Crippen LogP contribution is 2.23. The van der Waals surface area contributed by atoms with E-state index in [0.29, 0.717) is 32.2 Å². The number of amides is 5. The molecule has 17 heteroatoms. The van der Waals surface area contributed by atoms with Crippen LogP contribution in [0.25, 0.3) is 0 Å². The van der Waals surface area contributed by atoms with Gasteiger partial charge < -0.3 is 24.6 Å². The highest BCUT2D eigenvalue weighted by atomic mass is 32.2. The Bertz CT molecular complexity index is 1580. The Hall–Kier alpha value is -4.51. The highest BCUT2D eigenvalue weighted by molar-refractivity contribution is 7.87. The van der Waals surface area contributed by atoms with Crippen LogP contribution < -0.4 is 15.4 Å². The Balaban J connectivity index is 1.09. The molecule has 0 spiro atoms. The van der Waals surface area contributed by atoms with Crippen LogP contribution in [-0.4, -0.2) is 114 Å². The van der Waals surface area contributed by atoms with Crippen molar-refractivity contribution in [1.29, 1.82) is 0 Å². The summed E-state index contributed by atoms with van der Waals surface area (Å²) in [4.78, 5) is 62.1. The first kappa shape index (κ1) is 33.8. The number of anilines is 1. The van der Waals surface area contributed by atoms with Gasteiger partial charge >= 0.3 is 28.4 Å². The number of likely N-dealkylation sites (tertiary alicyclic amines) is 1. The summed E-state index contributed by atoms with van der Waals surface area (Å²) in [6, 6.07) is 7.29. The fraction of sp³-hybridized carbons (Fsp3) is 0.533. The molecule has 1 aromatic carbocycles. The number of fused-ring (bicyclic) bond motifs is 1. The van der Waals surface area contributed by atoms with Crippen LogP contribution in [0.2, 0.25) is 0 Å². The summed E-state index contributed by atoms with van der Waals surface area (Å²) >= 11 is 0. The highest BCUT2D eigenvalue weighted by Gasteiger charge is 2.34. The maximum Gasteiger partial charge on any atom is 0.422 e. The lowest BCUT2D eigenvalue weighted by molar-refractivity contribution is -0.000342. The lowest BCUT2D eigenvalue weighted by atomic mass is 10.1. The molecule has 47 heavy (non-hydrogen) atoms. The van der Waals surface area contributed by atoms with E-state index < -0.39 is 46.0 Å². The van der Waals surface area contributed by atoms with Gasteiger partial charge in [0.05, 0.1) is 6.54 Å². The van der Waals surface area contributed by atoms with Crippen LogP contribution in [0.1, 0.15) is 55.2 Å². The summed E-state index contributed by atoms with van der Waals surface area (Å²) in [5.74, 6) is -0.483. The second kappa shape index (κ2) is 14.1. The summed E-state index contributed by atoms with van der Waals surface area (Å²) in [5, 5.41) is 5.58. The normalized spacial score (nSPS) is 19.0. The van der Waals surface area contributed by atoms with Crippen LogP contribution >= 0.6 is 0 Å². The maximum absolute atomic E-state index is 13.1. The smallest absolute Gasteiger partial charge is 0.422 e. The molecule has 3 N–H and O–H groups in total. The van der Waals surface area contributed by atoms with E-state index >= 15 is 0 Å². The first-order valence-electron chi connectivity index (χ1n) is 15.5. The summed E-state index contributed by atoms with van der Waals surface area (Å²) < 4.78 is 39.5. The molecule has 3 heterocycles. The number of nitrogens with zero attached hydrogens (tertiary/aromatic N) is 5. The summed E-state index contributed by atoms with van der Waals surface area (Å²) in [6.07, 6.45) is 2.74. The van der Waals surface area contributed by atoms with Gasteiger partial charge in [-0.05, 0) is 57.6 Å². The number of urea groups is 1. The molecule has 0 radical (unpaired) electrons. The summed E-state index contributed by atoms with van der Waals surface area (Å²) in [6.45, 7) is 5.60. The maximum atomic E-state index is 13.1. The molecule has 1 atom stereocenters. The third-order valence-electron chi connectivity index (χ3n) is 7.91. The van der Waals surface area contributed by atoms with Gasteiger partial charge in [0.25, 0.3) is 5.91 Å². The van der Waals surface area contributed by atoms with Crippen molar-refractivity contribution in [2.75, 3.05) is 44.6 Å². The number of benzene rings is 1. The number of carbonyl (C=O) groups is 4. The zero-order valence-corrected chi connectivity index (χ0v) is 27.4. The van der Waals surface area contributed by atoms with E-state index in [1.54, 1.807) is 20.8 Å². The third kappa shape index (κ3) is 8.85. The van der Waals surface area contributed by atoms with E-state index in [4.69, 9.17) is 9.47 Å². The molecule has 3 aliphatic rings. The van der Waals surface area contributed by atoms with E-state index in [9.17, 15) is 27.6 Å². The second-order valence-corrected chi connectivity index (χ2v) is 14.3. The number of aromatic nitrogens is 2. The molecule has 5 amide bonds. The molecule has 0 saturated carbocycles. The first-order valence-corrected chi connectivity index (χ1v) is 16.9. The van der Waals surface area contributed by atoms with E-state index in [-0.39, 0.29) is 50.3 Å². The van der Waals surface area contributed by atoms with E-state index in [2.05, 4.69) is 20.6 Å². The molecule has 2 saturated heterocycles. The number of hydrogen-bond donors (Lipinski definition) is 3. The van der Waals surface area contributed by atoms with E-state index in [0.717, 1.165) is 4.31 Å². The van der Waals surface area contributed by atoms with Crippen molar-refractivity contribution in [3.05, 3.63) is 53.5 Å². The number of piperazine rings is 1. The van der Waals surface area contributed by atoms with Gasteiger partial charge in [-0.1, -0.05) is 24.3 Å². The lowest BCUT2D eigenvalue weighted by Crippen LogP contribution is -2.55. The van der Waals surface area contributed by atoms with Gasteiger partial charge in [-0.15, -0.1) is 0 Å². The fourth-order valence-electron chi connectivity index (χ4n) is 5.69. The minimum Gasteiger partial charge on any atom is -0.444 e. The van der Waals surface area contributed by atoms with Crippen molar-refractivity contribution in [3.63, 3.8) is 0 Å². The number of piperidine rings is 1. The van der Waals surface area contributed by atoms with Crippen molar-refractivity contribution in [3.8, 4) is 0 Å². The minimum atomic E-state index is -4.27. The number of hydrogen-bond acceptors (Lipinski definition) is 10. The molecule has 1 aliphatic carbocycles. The van der Waals surface area contributed by atoms with Gasteiger partial charge in [0.1, 0.15) is 11.7 Å². The summed E-state index contributed by atoms with van der Waals surface area (Å²) in [5.41, 5.74) is 1.64. The number of nitrogens with one attached hydrogen (secondary N) is 3. The molecule has 2 aromatic rings. The van der Waals surface area contributed by atoms with Gasteiger partial charge in [-0.2, -0.15) is 12.7 Å². The van der Waals surface area contributed by atoms with Crippen molar-refractivity contribution in [1.82, 2.24) is 34.1 Å². The van der Waals surface area contributed by atoms with Crippen LogP contribution in [0, 0.1) is 0 Å². The predicted molar refractivity (Wildman–Crippen MR) is 169 cm³/mol. The number of rotatable bonds is 6. The van der Waals surface area contributed by atoms with Crippen LogP contribution in [0.4, 0.5) is 20.2 Å². The van der Waals surface area contributed by atoms with Gasteiger partial charge in [0.15, 0.2) is 11.5 Å². The Labute approximate surface area is 273 Å². The molecule has 16 nitrogen and oxygen atoms in total. The average Bonchev–Trinajstić information content (AvgIpc) is 3.42. The van der Waals surface area contributed by atoms with Crippen molar-refractivity contribution in [2.45, 2.75) is 64.2 Å². The number of ether oxygens (including phenoxy) is 2. The van der Waals surface area contributed by atoms with Gasteiger partial charge in [0, 0.05) is 51.2 Å². The Morgan fingerprint density at radius 2 is 1.57 bits per heavy atom. The minimum absolute atomic E-state index is 0.0113. The SMILES string of the molecule is CC(C)(C)OC(=O)N1CCC[C@@H](OC(=O)NS(=O)(=O)N2CCN(C(=O)Nc3nccnc3C(=O)NC3Cc4ccccc4C3)CC2)C1. The lowest BCUT2D eigenvalue weighted by Gasteiger charge is -2.34. The average molecular weight is 673 g/mol. The number of carbonyl (C=O) groups excluding carboxylic acids is 4. The topological polar surface area (TPSA) is 192 Å². The van der Waals surface area contributed by atoms with Crippen molar-refractivity contribution >= 4 is 40.2 Å². The molecule has 5 rings (SSSR count). The first-order chi connectivity index (χ1) is 22.3.